The van der Waals surface area contributed by atoms with Gasteiger partial charge in [-0.25, -0.2) is 0 Å². The number of carboxylic acids is 1. The molecular formula is C15H20O4. The summed E-state index contributed by atoms with van der Waals surface area (Å²) in [5, 5.41) is 19.3. The van der Waals surface area contributed by atoms with E-state index in [1.807, 2.05) is 24.3 Å². The molecule has 1 aromatic carbocycles. The second kappa shape index (κ2) is 6.06. The summed E-state index contributed by atoms with van der Waals surface area (Å²) in [7, 11) is 1.59. The first-order valence-electron chi connectivity index (χ1n) is 6.65. The zero-order valence-electron chi connectivity index (χ0n) is 11.1. The van der Waals surface area contributed by atoms with E-state index in [9.17, 15) is 15.0 Å². The molecule has 1 saturated carbocycles. The fourth-order valence-electron chi connectivity index (χ4n) is 2.91. The molecule has 3 unspecified atom stereocenters. The Labute approximate surface area is 113 Å². The lowest BCUT2D eigenvalue weighted by Gasteiger charge is -2.22. The van der Waals surface area contributed by atoms with Crippen molar-refractivity contribution in [3.8, 4) is 5.75 Å². The molecule has 104 valence electrons. The topological polar surface area (TPSA) is 66.8 Å². The molecule has 0 spiro atoms. The number of rotatable bonds is 5. The summed E-state index contributed by atoms with van der Waals surface area (Å²) in [5.41, 5.74) is 0.936. The van der Waals surface area contributed by atoms with Gasteiger partial charge < -0.3 is 14.9 Å². The molecule has 4 nitrogen and oxygen atoms in total. The Morgan fingerprint density at radius 1 is 1.47 bits per heavy atom. The zero-order valence-corrected chi connectivity index (χ0v) is 11.1. The Balaban J connectivity index is 2.14. The summed E-state index contributed by atoms with van der Waals surface area (Å²) >= 11 is 0. The third kappa shape index (κ3) is 3.26. The van der Waals surface area contributed by atoms with E-state index in [4.69, 9.17) is 4.74 Å². The van der Waals surface area contributed by atoms with Gasteiger partial charge in [-0.3, -0.25) is 4.79 Å². The van der Waals surface area contributed by atoms with Gasteiger partial charge in [-0.15, -0.1) is 0 Å². The van der Waals surface area contributed by atoms with E-state index in [0.717, 1.165) is 24.2 Å². The van der Waals surface area contributed by atoms with Gasteiger partial charge in [0.25, 0.3) is 0 Å². The summed E-state index contributed by atoms with van der Waals surface area (Å²) in [5.74, 6) is -0.754. The Hall–Kier alpha value is -1.55. The molecular weight excluding hydrogens is 244 g/mol. The lowest BCUT2D eigenvalue weighted by atomic mass is 9.84. The number of carbonyl (C=O) groups is 1. The lowest BCUT2D eigenvalue weighted by Crippen LogP contribution is -2.30. The Morgan fingerprint density at radius 2 is 2.26 bits per heavy atom. The second-order valence-electron chi connectivity index (χ2n) is 5.16. The molecule has 19 heavy (non-hydrogen) atoms. The highest BCUT2D eigenvalue weighted by Crippen LogP contribution is 2.34. The van der Waals surface area contributed by atoms with Gasteiger partial charge in [0, 0.05) is 0 Å². The number of carboxylic acid groups (broad SMARTS) is 1. The van der Waals surface area contributed by atoms with Crippen molar-refractivity contribution in [3.05, 3.63) is 29.8 Å². The van der Waals surface area contributed by atoms with Crippen LogP contribution in [0, 0.1) is 11.8 Å². The van der Waals surface area contributed by atoms with Crippen molar-refractivity contribution in [2.45, 2.75) is 31.8 Å². The molecule has 0 bridgehead atoms. The van der Waals surface area contributed by atoms with Crippen molar-refractivity contribution >= 4 is 5.97 Å². The van der Waals surface area contributed by atoms with Crippen LogP contribution in [0.5, 0.6) is 5.75 Å². The average Bonchev–Trinajstić information content (AvgIpc) is 2.82. The van der Waals surface area contributed by atoms with E-state index in [1.54, 1.807) is 7.11 Å². The summed E-state index contributed by atoms with van der Waals surface area (Å²) in [4.78, 5) is 11.4. The van der Waals surface area contributed by atoms with Gasteiger partial charge in [0.2, 0.25) is 0 Å². The van der Waals surface area contributed by atoms with Gasteiger partial charge in [-0.2, -0.15) is 0 Å². The minimum absolute atomic E-state index is 0.135. The maximum Gasteiger partial charge on any atom is 0.307 e. The molecule has 0 radical (unpaired) electrons. The fraction of sp³-hybridized carbons (Fsp3) is 0.533. The highest BCUT2D eigenvalue weighted by molar-refractivity contribution is 5.71. The Kier molecular flexibility index (Phi) is 4.43. The lowest BCUT2D eigenvalue weighted by molar-refractivity contribution is -0.145. The monoisotopic (exact) mass is 264 g/mol. The number of hydrogen-bond donors (Lipinski definition) is 2. The van der Waals surface area contributed by atoms with Crippen molar-refractivity contribution in [1.29, 1.82) is 0 Å². The van der Waals surface area contributed by atoms with Crippen molar-refractivity contribution in [3.63, 3.8) is 0 Å². The summed E-state index contributed by atoms with van der Waals surface area (Å²) < 4.78 is 5.15. The van der Waals surface area contributed by atoms with Crippen LogP contribution in [-0.4, -0.2) is 29.4 Å². The number of benzene rings is 1. The van der Waals surface area contributed by atoms with E-state index in [1.165, 1.54) is 0 Å². The van der Waals surface area contributed by atoms with Crippen LogP contribution in [0.15, 0.2) is 24.3 Å². The molecule has 0 aliphatic heterocycles. The van der Waals surface area contributed by atoms with Gasteiger partial charge in [-0.05, 0) is 42.9 Å². The molecule has 1 fully saturated rings. The highest BCUT2D eigenvalue weighted by atomic mass is 16.5. The first kappa shape index (κ1) is 13.9. The molecule has 1 aliphatic rings. The van der Waals surface area contributed by atoms with E-state index in [2.05, 4.69) is 0 Å². The summed E-state index contributed by atoms with van der Waals surface area (Å²) in [6, 6.07) is 7.46. The van der Waals surface area contributed by atoms with Crippen molar-refractivity contribution in [2.75, 3.05) is 7.11 Å². The van der Waals surface area contributed by atoms with Crippen LogP contribution in [0.1, 0.15) is 24.8 Å². The van der Waals surface area contributed by atoms with Crippen LogP contribution >= 0.6 is 0 Å². The number of aliphatic carboxylic acids is 1. The minimum Gasteiger partial charge on any atom is -0.497 e. The van der Waals surface area contributed by atoms with E-state index in [-0.39, 0.29) is 5.92 Å². The molecule has 2 N–H and O–H groups in total. The predicted molar refractivity (Wildman–Crippen MR) is 71.2 cm³/mol. The number of aliphatic hydroxyl groups excluding tert-OH is 1. The van der Waals surface area contributed by atoms with Crippen LogP contribution in [0.3, 0.4) is 0 Å². The third-order valence-electron chi connectivity index (χ3n) is 3.96. The summed E-state index contributed by atoms with van der Waals surface area (Å²) in [6.07, 6.45) is 2.38. The van der Waals surface area contributed by atoms with Crippen molar-refractivity contribution in [1.82, 2.24) is 0 Å². The van der Waals surface area contributed by atoms with Crippen molar-refractivity contribution < 1.29 is 19.7 Å². The maximum atomic E-state index is 11.4. The van der Waals surface area contributed by atoms with Crippen molar-refractivity contribution in [2.24, 2.45) is 11.8 Å². The first-order chi connectivity index (χ1) is 9.11. The number of hydrogen-bond acceptors (Lipinski definition) is 3. The molecule has 0 saturated heterocycles. The molecule has 4 heteroatoms. The van der Waals surface area contributed by atoms with Crippen LogP contribution in [0.4, 0.5) is 0 Å². The number of ether oxygens (including phenoxy) is 1. The molecule has 1 aliphatic carbocycles. The standard InChI is InChI=1S/C15H20O4/c1-19-11-5-2-4-10(8-11)9-13(15(17)18)12-6-3-7-14(12)16/h2,4-5,8,12-14,16H,3,6-7,9H2,1H3,(H,17,18). The third-order valence-corrected chi connectivity index (χ3v) is 3.96. The normalized spacial score (nSPS) is 24.1. The second-order valence-corrected chi connectivity index (χ2v) is 5.16. The van der Waals surface area contributed by atoms with E-state index < -0.39 is 18.0 Å². The maximum absolute atomic E-state index is 11.4. The highest BCUT2D eigenvalue weighted by Gasteiger charge is 2.36. The minimum atomic E-state index is -0.825. The van der Waals surface area contributed by atoms with Crippen LogP contribution in [-0.2, 0) is 11.2 Å². The van der Waals surface area contributed by atoms with E-state index >= 15 is 0 Å². The SMILES string of the molecule is COc1cccc(CC(C(=O)O)C2CCCC2O)c1. The molecule has 0 aromatic heterocycles. The van der Waals surface area contributed by atoms with Crippen LogP contribution in [0.2, 0.25) is 0 Å². The Morgan fingerprint density at radius 3 is 2.84 bits per heavy atom. The van der Waals surface area contributed by atoms with Gasteiger partial charge in [0.15, 0.2) is 0 Å². The fourth-order valence-corrected chi connectivity index (χ4v) is 2.91. The quantitative estimate of drug-likeness (QED) is 0.854. The largest absolute Gasteiger partial charge is 0.497 e. The number of aliphatic hydroxyl groups is 1. The molecule has 2 rings (SSSR count). The molecule has 3 atom stereocenters. The first-order valence-corrected chi connectivity index (χ1v) is 6.65. The zero-order chi connectivity index (χ0) is 13.8. The van der Waals surface area contributed by atoms with Gasteiger partial charge in [0.05, 0.1) is 19.1 Å². The summed E-state index contributed by atoms with van der Waals surface area (Å²) in [6.45, 7) is 0. The molecule has 0 amide bonds. The van der Waals surface area contributed by atoms with Crippen LogP contribution < -0.4 is 4.74 Å². The molecule has 0 heterocycles. The average molecular weight is 264 g/mol. The van der Waals surface area contributed by atoms with E-state index in [0.29, 0.717) is 12.8 Å². The number of methoxy groups -OCH3 is 1. The smallest absolute Gasteiger partial charge is 0.307 e. The van der Waals surface area contributed by atoms with Gasteiger partial charge in [-0.1, -0.05) is 18.6 Å². The van der Waals surface area contributed by atoms with Gasteiger partial charge in [0.1, 0.15) is 5.75 Å². The van der Waals surface area contributed by atoms with Crippen LogP contribution in [0.25, 0.3) is 0 Å². The van der Waals surface area contributed by atoms with Gasteiger partial charge >= 0.3 is 5.97 Å². The Bertz CT molecular complexity index is 444. The predicted octanol–water partition coefficient (Wildman–Crippen LogP) is 2.10. The molecule has 1 aromatic rings.